The molecule has 0 aliphatic rings. The first-order valence-electron chi connectivity index (χ1n) is 3.09. The standard InChI is InChI=1S/C8H7FO2.Na/c1-5-4-6(8(10)11)2-3-7(5)9;/h2-4H,1H3,(H,10,11);/q;+1/p-1. The first kappa shape index (κ1) is 11.6. The van der Waals surface area contributed by atoms with Gasteiger partial charge in [0.2, 0.25) is 0 Å². The summed E-state index contributed by atoms with van der Waals surface area (Å²) in [5.41, 5.74) is 0.315. The summed E-state index contributed by atoms with van der Waals surface area (Å²) in [6.07, 6.45) is 0. The number of hydrogen-bond acceptors (Lipinski definition) is 2. The van der Waals surface area contributed by atoms with Gasteiger partial charge in [-0.3, -0.25) is 0 Å². The molecule has 0 radical (unpaired) electrons. The van der Waals surface area contributed by atoms with E-state index in [0.717, 1.165) is 6.07 Å². The van der Waals surface area contributed by atoms with E-state index in [2.05, 4.69) is 0 Å². The molecule has 4 heteroatoms. The van der Waals surface area contributed by atoms with Crippen molar-refractivity contribution in [1.29, 1.82) is 0 Å². The fourth-order valence-corrected chi connectivity index (χ4v) is 0.772. The second kappa shape index (κ2) is 4.60. The van der Waals surface area contributed by atoms with Gasteiger partial charge in [-0.1, -0.05) is 6.07 Å². The molecule has 0 bridgehead atoms. The van der Waals surface area contributed by atoms with E-state index in [1.54, 1.807) is 0 Å². The summed E-state index contributed by atoms with van der Waals surface area (Å²) in [6, 6.07) is 3.53. The number of carbonyl (C=O) groups excluding carboxylic acids is 1. The average molecular weight is 176 g/mol. The van der Waals surface area contributed by atoms with E-state index in [0.29, 0.717) is 5.56 Å². The van der Waals surface area contributed by atoms with Crippen LogP contribution in [0.5, 0.6) is 0 Å². The Bertz CT molecular complexity index is 299. The molecule has 12 heavy (non-hydrogen) atoms. The normalized spacial score (nSPS) is 8.83. The summed E-state index contributed by atoms with van der Waals surface area (Å²) in [5, 5.41) is 10.2. The van der Waals surface area contributed by atoms with Crippen LogP contribution in [0.25, 0.3) is 0 Å². The van der Waals surface area contributed by atoms with Crippen molar-refractivity contribution in [2.45, 2.75) is 6.92 Å². The minimum atomic E-state index is -1.28. The van der Waals surface area contributed by atoms with E-state index < -0.39 is 11.8 Å². The maximum Gasteiger partial charge on any atom is 1.00 e. The molecule has 0 spiro atoms. The molecule has 0 aromatic heterocycles. The summed E-state index contributed by atoms with van der Waals surface area (Å²) in [6.45, 7) is 1.50. The van der Waals surface area contributed by atoms with Gasteiger partial charge in [0.25, 0.3) is 0 Å². The Hall–Kier alpha value is -0.380. The van der Waals surface area contributed by atoms with Crippen LogP contribution in [0.15, 0.2) is 18.2 Å². The molecule has 0 N–H and O–H groups in total. The van der Waals surface area contributed by atoms with Gasteiger partial charge in [0.05, 0.1) is 5.97 Å². The molecule has 0 amide bonds. The molecular weight excluding hydrogens is 170 g/mol. The van der Waals surface area contributed by atoms with Crippen LogP contribution in [-0.2, 0) is 0 Å². The molecule has 1 aromatic carbocycles. The monoisotopic (exact) mass is 176 g/mol. The molecule has 0 heterocycles. The molecule has 1 rings (SSSR count). The Kier molecular flexibility index (Phi) is 4.45. The first-order valence-corrected chi connectivity index (χ1v) is 3.09. The van der Waals surface area contributed by atoms with Crippen LogP contribution in [0.4, 0.5) is 4.39 Å². The third-order valence-corrected chi connectivity index (χ3v) is 1.39. The topological polar surface area (TPSA) is 40.1 Å². The van der Waals surface area contributed by atoms with Crippen molar-refractivity contribution in [2.75, 3.05) is 0 Å². The van der Waals surface area contributed by atoms with Gasteiger partial charge in [0, 0.05) is 0 Å². The summed E-state index contributed by atoms with van der Waals surface area (Å²) < 4.78 is 12.5. The van der Waals surface area contributed by atoms with Crippen molar-refractivity contribution >= 4 is 5.97 Å². The Morgan fingerprint density at radius 2 is 2.08 bits per heavy atom. The molecular formula is C8H6FNaO2. The maximum atomic E-state index is 12.5. The van der Waals surface area contributed by atoms with Crippen molar-refractivity contribution in [3.8, 4) is 0 Å². The largest absolute Gasteiger partial charge is 1.00 e. The predicted octanol–water partition coefficient (Wildman–Crippen LogP) is -2.50. The van der Waals surface area contributed by atoms with Gasteiger partial charge in [0.1, 0.15) is 5.82 Å². The molecule has 0 saturated heterocycles. The van der Waals surface area contributed by atoms with Crippen LogP contribution in [0.3, 0.4) is 0 Å². The van der Waals surface area contributed by atoms with Crippen LogP contribution >= 0.6 is 0 Å². The van der Waals surface area contributed by atoms with Gasteiger partial charge < -0.3 is 9.90 Å². The smallest absolute Gasteiger partial charge is 0.545 e. The number of halogens is 1. The zero-order valence-electron chi connectivity index (χ0n) is 6.93. The molecule has 0 saturated carbocycles. The number of hydrogen-bond donors (Lipinski definition) is 0. The van der Waals surface area contributed by atoms with Crippen LogP contribution in [-0.4, -0.2) is 5.97 Å². The van der Waals surface area contributed by atoms with Gasteiger partial charge in [-0.05, 0) is 30.2 Å². The SMILES string of the molecule is Cc1cc(C(=O)[O-])ccc1F.[Na+]. The third kappa shape index (κ3) is 2.59. The molecule has 0 aliphatic carbocycles. The van der Waals surface area contributed by atoms with E-state index in [1.807, 2.05) is 0 Å². The fourth-order valence-electron chi connectivity index (χ4n) is 0.772. The summed E-state index contributed by atoms with van der Waals surface area (Å²) in [5.74, 6) is -1.69. The zero-order valence-corrected chi connectivity index (χ0v) is 8.93. The fraction of sp³-hybridized carbons (Fsp3) is 0.125. The van der Waals surface area contributed by atoms with Gasteiger partial charge in [-0.2, -0.15) is 0 Å². The number of carboxylic acids is 1. The van der Waals surface area contributed by atoms with Gasteiger partial charge in [-0.25, -0.2) is 4.39 Å². The van der Waals surface area contributed by atoms with Crippen molar-refractivity contribution in [3.05, 3.63) is 35.1 Å². The number of aryl methyl sites for hydroxylation is 1. The molecule has 0 atom stereocenters. The second-order valence-corrected chi connectivity index (χ2v) is 2.25. The zero-order chi connectivity index (χ0) is 8.43. The minimum absolute atomic E-state index is 0. The Balaban J connectivity index is 0.00000121. The Morgan fingerprint density at radius 1 is 1.50 bits per heavy atom. The van der Waals surface area contributed by atoms with E-state index in [9.17, 15) is 14.3 Å². The van der Waals surface area contributed by atoms with E-state index in [4.69, 9.17) is 0 Å². The number of carboxylic acid groups (broad SMARTS) is 1. The molecule has 58 valence electrons. The van der Waals surface area contributed by atoms with E-state index in [1.165, 1.54) is 19.1 Å². The molecule has 1 aromatic rings. The number of aromatic carboxylic acids is 1. The summed E-state index contributed by atoms with van der Waals surface area (Å²) in [7, 11) is 0. The van der Waals surface area contributed by atoms with Crippen LogP contribution in [0, 0.1) is 12.7 Å². The van der Waals surface area contributed by atoms with Crippen LogP contribution in [0.2, 0.25) is 0 Å². The summed E-state index contributed by atoms with van der Waals surface area (Å²) >= 11 is 0. The van der Waals surface area contributed by atoms with Gasteiger partial charge in [0.15, 0.2) is 0 Å². The number of benzene rings is 1. The average Bonchev–Trinajstić information content (AvgIpc) is 1.94. The quantitative estimate of drug-likeness (QED) is 0.444. The van der Waals surface area contributed by atoms with Gasteiger partial charge >= 0.3 is 29.6 Å². The summed E-state index contributed by atoms with van der Waals surface area (Å²) in [4.78, 5) is 10.2. The van der Waals surface area contributed by atoms with E-state index in [-0.39, 0.29) is 35.1 Å². The van der Waals surface area contributed by atoms with Crippen LogP contribution < -0.4 is 34.7 Å². The second-order valence-electron chi connectivity index (χ2n) is 2.25. The maximum absolute atomic E-state index is 12.5. The minimum Gasteiger partial charge on any atom is -0.545 e. The van der Waals surface area contributed by atoms with Crippen molar-refractivity contribution in [1.82, 2.24) is 0 Å². The van der Waals surface area contributed by atoms with Crippen molar-refractivity contribution in [3.63, 3.8) is 0 Å². The molecule has 0 fully saturated rings. The predicted molar refractivity (Wildman–Crippen MR) is 35.5 cm³/mol. The Labute approximate surface area is 91.7 Å². The van der Waals surface area contributed by atoms with Gasteiger partial charge in [-0.15, -0.1) is 0 Å². The Morgan fingerprint density at radius 3 is 2.50 bits per heavy atom. The van der Waals surface area contributed by atoms with Crippen LogP contribution in [0.1, 0.15) is 15.9 Å². The third-order valence-electron chi connectivity index (χ3n) is 1.39. The van der Waals surface area contributed by atoms with E-state index >= 15 is 0 Å². The number of rotatable bonds is 1. The molecule has 0 aliphatic heterocycles. The number of carbonyl (C=O) groups is 1. The molecule has 2 nitrogen and oxygen atoms in total. The van der Waals surface area contributed by atoms with Crippen molar-refractivity contribution in [2.24, 2.45) is 0 Å². The molecule has 0 unspecified atom stereocenters. The first-order chi connectivity index (χ1) is 5.11. The van der Waals surface area contributed by atoms with Crippen molar-refractivity contribution < 1.29 is 43.8 Å².